The summed E-state index contributed by atoms with van der Waals surface area (Å²) in [5.41, 5.74) is 1.16. The molecule has 3 rings (SSSR count). The van der Waals surface area contributed by atoms with Gasteiger partial charge in [-0.05, 0) is 25.0 Å². The third kappa shape index (κ3) is 3.79. The van der Waals surface area contributed by atoms with E-state index in [0.29, 0.717) is 31.2 Å². The van der Waals surface area contributed by atoms with Gasteiger partial charge in [-0.25, -0.2) is 0 Å². The fraction of sp³-hybridized carbons (Fsp3) is 0.529. The molecule has 0 saturated carbocycles. The van der Waals surface area contributed by atoms with Crippen LogP contribution in [0, 0.1) is 6.92 Å². The van der Waals surface area contributed by atoms with Gasteiger partial charge < -0.3 is 9.42 Å². The number of carbonyl (C=O) groups is 1. The summed E-state index contributed by atoms with van der Waals surface area (Å²) in [5, 5.41) is 3.90. The van der Waals surface area contributed by atoms with Gasteiger partial charge in [-0.15, -0.1) is 0 Å². The normalized spacial score (nSPS) is 19.2. The van der Waals surface area contributed by atoms with Crippen molar-refractivity contribution in [3.05, 3.63) is 41.8 Å². The minimum absolute atomic E-state index is 0.124. The van der Waals surface area contributed by atoms with E-state index >= 15 is 0 Å². The number of pyridine rings is 1. The summed E-state index contributed by atoms with van der Waals surface area (Å²) in [5.74, 6) is 1.24. The van der Waals surface area contributed by atoms with E-state index < -0.39 is 0 Å². The monoisotopic (exact) mass is 329 g/mol. The molecule has 1 unspecified atom stereocenters. The van der Waals surface area contributed by atoms with Crippen LogP contribution in [0.4, 0.5) is 0 Å². The van der Waals surface area contributed by atoms with Gasteiger partial charge >= 0.3 is 0 Å². The average Bonchev–Trinajstić information content (AvgIpc) is 2.92. The molecule has 0 bridgehead atoms. The molecule has 0 radical (unpaired) electrons. The van der Waals surface area contributed by atoms with E-state index in [1.54, 1.807) is 13.1 Å². The molecule has 1 aliphatic heterocycles. The second-order valence-electron chi connectivity index (χ2n) is 6.09. The van der Waals surface area contributed by atoms with E-state index in [4.69, 9.17) is 4.52 Å². The Bertz CT molecular complexity index is 673. The van der Waals surface area contributed by atoms with Crippen molar-refractivity contribution in [2.75, 3.05) is 19.6 Å². The van der Waals surface area contributed by atoms with Crippen LogP contribution < -0.4 is 0 Å². The van der Waals surface area contributed by atoms with Gasteiger partial charge in [-0.3, -0.25) is 14.7 Å². The van der Waals surface area contributed by atoms with Crippen LogP contribution in [0.25, 0.3) is 0 Å². The lowest BCUT2D eigenvalue weighted by molar-refractivity contribution is -0.133. The second kappa shape index (κ2) is 7.53. The Kier molecular flexibility index (Phi) is 5.20. The SMILES string of the molecule is CCC(=O)N1CCCN(Cc2cccnc2)CC1c1nc(C)no1. The topological polar surface area (TPSA) is 75.4 Å². The molecule has 7 heteroatoms. The molecule has 1 fully saturated rings. The lowest BCUT2D eigenvalue weighted by atomic mass is 10.2. The maximum absolute atomic E-state index is 12.4. The molecule has 1 amide bonds. The van der Waals surface area contributed by atoms with Gasteiger partial charge in [-0.1, -0.05) is 18.1 Å². The summed E-state index contributed by atoms with van der Waals surface area (Å²) < 4.78 is 5.39. The molecule has 7 nitrogen and oxygen atoms in total. The molecule has 24 heavy (non-hydrogen) atoms. The van der Waals surface area contributed by atoms with Gasteiger partial charge in [-0.2, -0.15) is 4.98 Å². The van der Waals surface area contributed by atoms with Crippen molar-refractivity contribution in [2.24, 2.45) is 0 Å². The maximum atomic E-state index is 12.4. The van der Waals surface area contributed by atoms with E-state index in [1.807, 2.05) is 24.1 Å². The van der Waals surface area contributed by atoms with E-state index in [0.717, 1.165) is 25.1 Å². The van der Waals surface area contributed by atoms with Gasteiger partial charge in [0.2, 0.25) is 5.91 Å². The van der Waals surface area contributed by atoms with Crippen LogP contribution in [0.5, 0.6) is 0 Å². The van der Waals surface area contributed by atoms with E-state index in [9.17, 15) is 4.79 Å². The summed E-state index contributed by atoms with van der Waals surface area (Å²) in [4.78, 5) is 25.1. The molecule has 0 spiro atoms. The van der Waals surface area contributed by atoms with Crippen LogP contribution in [0.3, 0.4) is 0 Å². The number of hydrogen-bond acceptors (Lipinski definition) is 6. The maximum Gasteiger partial charge on any atom is 0.250 e. The number of carbonyl (C=O) groups excluding carboxylic acids is 1. The Labute approximate surface area is 141 Å². The Morgan fingerprint density at radius 3 is 2.96 bits per heavy atom. The number of aromatic nitrogens is 3. The predicted molar refractivity (Wildman–Crippen MR) is 87.9 cm³/mol. The molecule has 3 heterocycles. The van der Waals surface area contributed by atoms with Crippen molar-refractivity contribution in [3.63, 3.8) is 0 Å². The highest BCUT2D eigenvalue weighted by atomic mass is 16.5. The zero-order valence-corrected chi connectivity index (χ0v) is 14.2. The number of aryl methyl sites for hydroxylation is 1. The lowest BCUT2D eigenvalue weighted by Crippen LogP contribution is -2.38. The Morgan fingerprint density at radius 1 is 1.42 bits per heavy atom. The quantitative estimate of drug-likeness (QED) is 0.853. The van der Waals surface area contributed by atoms with Crippen LogP contribution in [0.1, 0.15) is 43.1 Å². The molecule has 0 aromatic carbocycles. The highest BCUT2D eigenvalue weighted by Gasteiger charge is 2.32. The summed E-state index contributed by atoms with van der Waals surface area (Å²) in [7, 11) is 0. The summed E-state index contributed by atoms with van der Waals surface area (Å²) in [6, 6.07) is 3.82. The smallest absolute Gasteiger partial charge is 0.250 e. The highest BCUT2D eigenvalue weighted by Crippen LogP contribution is 2.25. The van der Waals surface area contributed by atoms with Gasteiger partial charge in [0.15, 0.2) is 5.82 Å². The number of amides is 1. The first-order chi connectivity index (χ1) is 11.7. The molecule has 0 aliphatic carbocycles. The van der Waals surface area contributed by atoms with E-state index in [2.05, 4.69) is 26.1 Å². The molecule has 1 aliphatic rings. The van der Waals surface area contributed by atoms with Gasteiger partial charge in [0.1, 0.15) is 6.04 Å². The van der Waals surface area contributed by atoms with E-state index in [-0.39, 0.29) is 11.9 Å². The van der Waals surface area contributed by atoms with Crippen LogP contribution >= 0.6 is 0 Å². The summed E-state index contributed by atoms with van der Waals surface area (Å²) in [6.45, 7) is 6.79. The van der Waals surface area contributed by atoms with Gasteiger partial charge in [0.05, 0.1) is 0 Å². The largest absolute Gasteiger partial charge is 0.337 e. The Morgan fingerprint density at radius 2 is 2.29 bits per heavy atom. The van der Waals surface area contributed by atoms with E-state index in [1.165, 1.54) is 0 Å². The zero-order chi connectivity index (χ0) is 16.9. The molecule has 128 valence electrons. The molecular formula is C17H23N5O2. The fourth-order valence-electron chi connectivity index (χ4n) is 3.11. The van der Waals surface area contributed by atoms with Crippen LogP contribution in [0.2, 0.25) is 0 Å². The predicted octanol–water partition coefficient (Wildman–Crippen LogP) is 1.96. The minimum atomic E-state index is -0.196. The van der Waals surface area contributed by atoms with Crippen molar-refractivity contribution in [2.45, 2.75) is 39.3 Å². The highest BCUT2D eigenvalue weighted by molar-refractivity contribution is 5.76. The molecule has 1 atom stereocenters. The van der Waals surface area contributed by atoms with Crippen LogP contribution in [-0.2, 0) is 11.3 Å². The van der Waals surface area contributed by atoms with Crippen molar-refractivity contribution in [1.82, 2.24) is 24.9 Å². The second-order valence-corrected chi connectivity index (χ2v) is 6.09. The molecule has 2 aromatic rings. The first kappa shape index (κ1) is 16.6. The van der Waals surface area contributed by atoms with Crippen molar-refractivity contribution in [1.29, 1.82) is 0 Å². The number of hydrogen-bond donors (Lipinski definition) is 0. The molecule has 2 aromatic heterocycles. The number of rotatable bonds is 4. The first-order valence-corrected chi connectivity index (χ1v) is 8.38. The van der Waals surface area contributed by atoms with Crippen molar-refractivity contribution in [3.8, 4) is 0 Å². The van der Waals surface area contributed by atoms with Gasteiger partial charge in [0, 0.05) is 45.0 Å². The van der Waals surface area contributed by atoms with Crippen molar-refractivity contribution < 1.29 is 9.32 Å². The van der Waals surface area contributed by atoms with Crippen LogP contribution in [-0.4, -0.2) is 50.5 Å². The molecule has 1 saturated heterocycles. The third-order valence-corrected chi connectivity index (χ3v) is 4.26. The Hall–Kier alpha value is -2.28. The Balaban J connectivity index is 1.82. The van der Waals surface area contributed by atoms with Crippen LogP contribution in [0.15, 0.2) is 29.0 Å². The fourth-order valence-corrected chi connectivity index (χ4v) is 3.11. The standard InChI is InChI=1S/C17H23N5O2/c1-3-16(23)22-9-5-8-21(11-14-6-4-7-18-10-14)12-15(22)17-19-13(2)20-24-17/h4,6-7,10,15H,3,5,8-9,11-12H2,1-2H3. The first-order valence-electron chi connectivity index (χ1n) is 8.38. The zero-order valence-electron chi connectivity index (χ0n) is 14.2. The molecular weight excluding hydrogens is 306 g/mol. The van der Waals surface area contributed by atoms with Gasteiger partial charge in [0.25, 0.3) is 5.89 Å². The number of nitrogens with zero attached hydrogens (tertiary/aromatic N) is 5. The molecule has 0 N–H and O–H groups in total. The van der Waals surface area contributed by atoms with Crippen molar-refractivity contribution >= 4 is 5.91 Å². The lowest BCUT2D eigenvalue weighted by Gasteiger charge is -2.29. The average molecular weight is 329 g/mol. The summed E-state index contributed by atoms with van der Waals surface area (Å²) >= 11 is 0. The summed E-state index contributed by atoms with van der Waals surface area (Å²) in [6.07, 6.45) is 5.06. The minimum Gasteiger partial charge on any atom is -0.337 e. The third-order valence-electron chi connectivity index (χ3n) is 4.26.